The monoisotopic (exact) mass is 378 g/mol. The zero-order chi connectivity index (χ0) is 19.1. The van der Waals surface area contributed by atoms with Crippen molar-refractivity contribution < 1.29 is 18.8 Å². The highest BCUT2D eigenvalue weighted by atomic mass is 35.5. The van der Waals surface area contributed by atoms with Crippen LogP contribution < -0.4 is 21.7 Å². The van der Waals surface area contributed by atoms with E-state index in [-0.39, 0.29) is 29.5 Å². The summed E-state index contributed by atoms with van der Waals surface area (Å²) in [4.78, 5) is 34.6. The predicted molar refractivity (Wildman–Crippen MR) is 95.2 cm³/mol. The number of amides is 4. The van der Waals surface area contributed by atoms with Crippen LogP contribution in [0.2, 0.25) is 5.02 Å². The number of carbonyl (C=O) groups is 3. The molecule has 0 atom stereocenters. The summed E-state index contributed by atoms with van der Waals surface area (Å²) in [5.41, 5.74) is 6.36. The van der Waals surface area contributed by atoms with Gasteiger partial charge in [0.1, 0.15) is 5.82 Å². The van der Waals surface area contributed by atoms with Gasteiger partial charge in [0.15, 0.2) is 0 Å². The van der Waals surface area contributed by atoms with E-state index < -0.39 is 17.8 Å². The molecule has 9 heteroatoms. The van der Waals surface area contributed by atoms with Crippen LogP contribution in [0.3, 0.4) is 0 Å². The highest BCUT2D eigenvalue weighted by Crippen LogP contribution is 2.20. The Hall–Kier alpha value is -3.13. The van der Waals surface area contributed by atoms with Crippen molar-refractivity contribution >= 4 is 35.1 Å². The van der Waals surface area contributed by atoms with Crippen LogP contribution in [-0.2, 0) is 11.3 Å². The number of anilines is 1. The largest absolute Gasteiger partial charge is 0.366 e. The highest BCUT2D eigenvalue weighted by molar-refractivity contribution is 6.34. The summed E-state index contributed by atoms with van der Waals surface area (Å²) in [5.74, 6) is -1.52. The number of hydrogen-bond donors (Lipinski definition) is 4. The van der Waals surface area contributed by atoms with Gasteiger partial charge in [-0.1, -0.05) is 23.7 Å². The van der Waals surface area contributed by atoms with E-state index in [0.717, 1.165) is 5.56 Å². The van der Waals surface area contributed by atoms with Gasteiger partial charge in [-0.3, -0.25) is 9.59 Å². The van der Waals surface area contributed by atoms with Crippen molar-refractivity contribution in [1.82, 2.24) is 10.6 Å². The molecule has 0 saturated heterocycles. The molecule has 26 heavy (non-hydrogen) atoms. The topological polar surface area (TPSA) is 113 Å². The lowest BCUT2D eigenvalue weighted by molar-refractivity contribution is -0.115. The minimum Gasteiger partial charge on any atom is -0.366 e. The second-order valence-corrected chi connectivity index (χ2v) is 5.68. The second kappa shape index (κ2) is 8.82. The normalized spacial score (nSPS) is 10.1. The van der Waals surface area contributed by atoms with E-state index in [1.54, 1.807) is 12.1 Å². The molecular formula is C17H16ClFN4O3. The van der Waals surface area contributed by atoms with Gasteiger partial charge < -0.3 is 21.7 Å². The van der Waals surface area contributed by atoms with Crippen molar-refractivity contribution in [3.05, 3.63) is 64.4 Å². The summed E-state index contributed by atoms with van der Waals surface area (Å²) in [6.45, 7) is -0.0810. The number of halogens is 2. The van der Waals surface area contributed by atoms with Crippen molar-refractivity contribution in [1.29, 1.82) is 0 Å². The molecular weight excluding hydrogens is 363 g/mol. The van der Waals surface area contributed by atoms with Gasteiger partial charge in [0.05, 0.1) is 17.1 Å². The van der Waals surface area contributed by atoms with E-state index in [2.05, 4.69) is 16.0 Å². The first-order valence-electron chi connectivity index (χ1n) is 7.50. The van der Waals surface area contributed by atoms with Crippen molar-refractivity contribution in [2.24, 2.45) is 5.73 Å². The third-order valence-electron chi connectivity index (χ3n) is 3.29. The third kappa shape index (κ3) is 5.75. The number of benzene rings is 2. The molecule has 5 N–H and O–H groups in total. The maximum atomic E-state index is 12.8. The maximum absolute atomic E-state index is 12.8. The van der Waals surface area contributed by atoms with Crippen LogP contribution in [0.4, 0.5) is 14.9 Å². The van der Waals surface area contributed by atoms with Gasteiger partial charge in [0, 0.05) is 12.2 Å². The van der Waals surface area contributed by atoms with Crippen LogP contribution in [0.5, 0.6) is 0 Å². The van der Waals surface area contributed by atoms with Gasteiger partial charge in [0.2, 0.25) is 11.8 Å². The third-order valence-corrected chi connectivity index (χ3v) is 3.61. The summed E-state index contributed by atoms with van der Waals surface area (Å²) < 4.78 is 12.8. The number of nitrogens with two attached hydrogens (primary N) is 1. The molecule has 0 unspecified atom stereocenters. The summed E-state index contributed by atoms with van der Waals surface area (Å²) in [7, 11) is 0. The SMILES string of the molecule is NC(=O)c1ccc(NC(=O)CNC(=O)NCc2ccc(F)cc2)cc1Cl. The van der Waals surface area contributed by atoms with Crippen molar-refractivity contribution in [2.45, 2.75) is 6.54 Å². The van der Waals surface area contributed by atoms with E-state index in [1.165, 1.54) is 30.3 Å². The van der Waals surface area contributed by atoms with Crippen LogP contribution in [0.1, 0.15) is 15.9 Å². The molecule has 4 amide bonds. The molecule has 0 aliphatic heterocycles. The Morgan fingerprint density at radius 3 is 2.35 bits per heavy atom. The Bertz CT molecular complexity index is 827. The molecule has 7 nitrogen and oxygen atoms in total. The number of primary amides is 1. The minimum atomic E-state index is -0.674. The van der Waals surface area contributed by atoms with Crippen molar-refractivity contribution in [2.75, 3.05) is 11.9 Å². The molecule has 0 spiro atoms. The summed E-state index contributed by atoms with van der Waals surface area (Å²) in [6.07, 6.45) is 0. The number of carbonyl (C=O) groups excluding carboxylic acids is 3. The fraction of sp³-hybridized carbons (Fsp3) is 0.118. The lowest BCUT2D eigenvalue weighted by Crippen LogP contribution is -2.39. The number of rotatable bonds is 6. The predicted octanol–water partition coefficient (Wildman–Crippen LogP) is 2.02. The van der Waals surface area contributed by atoms with E-state index in [0.29, 0.717) is 5.69 Å². The van der Waals surface area contributed by atoms with E-state index >= 15 is 0 Å². The van der Waals surface area contributed by atoms with Crippen LogP contribution in [-0.4, -0.2) is 24.4 Å². The Labute approximate surface area is 153 Å². The highest BCUT2D eigenvalue weighted by Gasteiger charge is 2.10. The first-order chi connectivity index (χ1) is 12.3. The molecule has 0 aromatic heterocycles. The van der Waals surface area contributed by atoms with E-state index in [9.17, 15) is 18.8 Å². The van der Waals surface area contributed by atoms with Crippen LogP contribution >= 0.6 is 11.6 Å². The van der Waals surface area contributed by atoms with Crippen LogP contribution in [0.15, 0.2) is 42.5 Å². The van der Waals surface area contributed by atoms with Crippen LogP contribution in [0.25, 0.3) is 0 Å². The average Bonchev–Trinajstić information content (AvgIpc) is 2.59. The molecule has 2 aromatic carbocycles. The molecule has 0 aliphatic carbocycles. The maximum Gasteiger partial charge on any atom is 0.315 e. The molecule has 0 radical (unpaired) electrons. The molecule has 2 rings (SSSR count). The van der Waals surface area contributed by atoms with Gasteiger partial charge in [-0.25, -0.2) is 9.18 Å². The van der Waals surface area contributed by atoms with Gasteiger partial charge in [-0.15, -0.1) is 0 Å². The van der Waals surface area contributed by atoms with Gasteiger partial charge >= 0.3 is 6.03 Å². The fourth-order valence-corrected chi connectivity index (χ4v) is 2.28. The quantitative estimate of drug-likeness (QED) is 0.616. The van der Waals surface area contributed by atoms with E-state index in [1.807, 2.05) is 0 Å². The Kier molecular flexibility index (Phi) is 6.51. The Morgan fingerprint density at radius 2 is 1.73 bits per heavy atom. The molecule has 0 aliphatic rings. The second-order valence-electron chi connectivity index (χ2n) is 5.27. The standard InChI is InChI=1S/C17H16ClFN4O3/c18-14-7-12(5-6-13(14)16(20)25)23-15(24)9-22-17(26)21-8-10-1-3-11(19)4-2-10/h1-7H,8-9H2,(H2,20,25)(H,23,24)(H2,21,22,26). The zero-order valence-corrected chi connectivity index (χ0v) is 14.3. The lowest BCUT2D eigenvalue weighted by atomic mass is 10.2. The van der Waals surface area contributed by atoms with Gasteiger partial charge in [-0.2, -0.15) is 0 Å². The summed E-state index contributed by atoms with van der Waals surface area (Å²) >= 11 is 5.89. The molecule has 136 valence electrons. The minimum absolute atomic E-state index is 0.111. The average molecular weight is 379 g/mol. The molecule has 0 fully saturated rings. The summed E-state index contributed by atoms with van der Waals surface area (Å²) in [6, 6.07) is 9.36. The lowest BCUT2D eigenvalue weighted by Gasteiger charge is -2.09. The van der Waals surface area contributed by atoms with Gasteiger partial charge in [-0.05, 0) is 35.9 Å². The fourth-order valence-electron chi connectivity index (χ4n) is 2.01. The first-order valence-corrected chi connectivity index (χ1v) is 7.88. The van der Waals surface area contributed by atoms with Crippen LogP contribution in [0, 0.1) is 5.82 Å². The molecule has 0 heterocycles. The van der Waals surface area contributed by atoms with Crippen molar-refractivity contribution in [3.8, 4) is 0 Å². The molecule has 0 bridgehead atoms. The smallest absolute Gasteiger partial charge is 0.315 e. The number of nitrogens with one attached hydrogen (secondary N) is 3. The Balaban J connectivity index is 1.77. The summed E-state index contributed by atoms with van der Waals surface area (Å²) in [5, 5.41) is 7.56. The number of urea groups is 1. The number of hydrogen-bond acceptors (Lipinski definition) is 3. The zero-order valence-electron chi connectivity index (χ0n) is 13.5. The molecule has 0 saturated carbocycles. The van der Waals surface area contributed by atoms with E-state index in [4.69, 9.17) is 17.3 Å². The first kappa shape index (κ1) is 19.2. The molecule has 2 aromatic rings. The van der Waals surface area contributed by atoms with Gasteiger partial charge in [0.25, 0.3) is 0 Å². The Morgan fingerprint density at radius 1 is 1.04 bits per heavy atom. The van der Waals surface area contributed by atoms with Crippen molar-refractivity contribution in [3.63, 3.8) is 0 Å².